The number of aliphatic hydroxyl groups is 2. The number of aromatic amines is 1. The number of aromatic nitrogens is 2. The van der Waals surface area contributed by atoms with Crippen LogP contribution in [0.15, 0.2) is 15.8 Å². The zero-order valence-corrected chi connectivity index (χ0v) is 12.2. The van der Waals surface area contributed by atoms with E-state index >= 15 is 0 Å². The molecule has 0 amide bonds. The predicted molar refractivity (Wildman–Crippen MR) is 72.1 cm³/mol. The minimum Gasteiger partial charge on any atom is -0.394 e. The van der Waals surface area contributed by atoms with E-state index in [1.807, 2.05) is 0 Å². The van der Waals surface area contributed by atoms with E-state index in [2.05, 4.69) is 4.98 Å². The first-order valence-corrected chi connectivity index (χ1v) is 6.93. The van der Waals surface area contributed by atoms with Crippen LogP contribution in [0.5, 0.6) is 0 Å². The van der Waals surface area contributed by atoms with E-state index in [-0.39, 0.29) is 12.2 Å². The van der Waals surface area contributed by atoms with Crippen molar-refractivity contribution in [3.05, 3.63) is 32.6 Å². The lowest BCUT2D eigenvalue weighted by atomic mass is 10.1. The molecule has 4 atom stereocenters. The molecule has 22 heavy (non-hydrogen) atoms. The second-order valence-electron chi connectivity index (χ2n) is 5.79. The zero-order chi connectivity index (χ0) is 16.1. The summed E-state index contributed by atoms with van der Waals surface area (Å²) in [4.78, 5) is 25.7. The van der Waals surface area contributed by atoms with Gasteiger partial charge in [-0.05, 0) is 13.8 Å². The molecule has 0 radical (unpaired) electrons. The molecule has 3 N–H and O–H groups in total. The second kappa shape index (κ2) is 5.28. The summed E-state index contributed by atoms with van der Waals surface area (Å²) in [5, 5.41) is 18.6. The Morgan fingerprint density at radius 2 is 1.95 bits per heavy atom. The lowest BCUT2D eigenvalue weighted by Gasteiger charge is -2.24. The topological polar surface area (TPSA) is 123 Å². The molecule has 122 valence electrons. The average molecular weight is 314 g/mol. The third-order valence-corrected chi connectivity index (χ3v) is 3.79. The molecule has 2 fully saturated rings. The minimum atomic E-state index is -0.865. The largest absolute Gasteiger partial charge is 0.394 e. The van der Waals surface area contributed by atoms with Crippen molar-refractivity contribution in [3.8, 4) is 0 Å². The predicted octanol–water partition coefficient (Wildman–Crippen LogP) is -1.56. The second-order valence-corrected chi connectivity index (χ2v) is 5.79. The summed E-state index contributed by atoms with van der Waals surface area (Å²) in [6, 6.07) is 0. The van der Waals surface area contributed by atoms with Crippen molar-refractivity contribution in [3.63, 3.8) is 0 Å². The summed E-state index contributed by atoms with van der Waals surface area (Å²) in [7, 11) is 0. The number of ether oxygens (including phenoxy) is 3. The maximum absolute atomic E-state index is 12.0. The Balaban J connectivity index is 2.02. The smallest absolute Gasteiger partial charge is 0.330 e. The molecule has 0 bridgehead atoms. The number of hydrogen-bond donors (Lipinski definition) is 3. The van der Waals surface area contributed by atoms with Gasteiger partial charge in [0.25, 0.3) is 5.56 Å². The molecule has 0 aliphatic carbocycles. The van der Waals surface area contributed by atoms with Crippen LogP contribution in [0.1, 0.15) is 25.6 Å². The molecule has 2 aliphatic rings. The van der Waals surface area contributed by atoms with Crippen molar-refractivity contribution in [2.24, 2.45) is 0 Å². The monoisotopic (exact) mass is 314 g/mol. The van der Waals surface area contributed by atoms with E-state index < -0.39 is 48.2 Å². The molecule has 0 saturated carbocycles. The van der Waals surface area contributed by atoms with Crippen molar-refractivity contribution in [1.82, 2.24) is 9.55 Å². The highest BCUT2D eigenvalue weighted by molar-refractivity contribution is 5.05. The van der Waals surface area contributed by atoms with Crippen LogP contribution in [-0.2, 0) is 20.8 Å². The SMILES string of the molecule is CC1(C)OC2C(O1)[C@@H](CO)O[C@H]2n1cc(CO)c(=O)[nH]c1=O. The first-order valence-electron chi connectivity index (χ1n) is 6.93. The summed E-state index contributed by atoms with van der Waals surface area (Å²) in [6.45, 7) is 2.65. The van der Waals surface area contributed by atoms with Gasteiger partial charge in [0.2, 0.25) is 0 Å². The Morgan fingerprint density at radius 3 is 2.59 bits per heavy atom. The highest BCUT2D eigenvalue weighted by Crippen LogP contribution is 2.42. The van der Waals surface area contributed by atoms with E-state index in [0.29, 0.717) is 0 Å². The van der Waals surface area contributed by atoms with Crippen LogP contribution in [0.4, 0.5) is 0 Å². The van der Waals surface area contributed by atoms with E-state index in [4.69, 9.17) is 14.2 Å². The number of nitrogens with zero attached hydrogens (tertiary/aromatic N) is 1. The van der Waals surface area contributed by atoms with Crippen LogP contribution in [0.3, 0.4) is 0 Å². The van der Waals surface area contributed by atoms with E-state index in [0.717, 1.165) is 4.57 Å². The third kappa shape index (κ3) is 2.40. The molecule has 9 nitrogen and oxygen atoms in total. The van der Waals surface area contributed by atoms with Gasteiger partial charge in [-0.1, -0.05) is 0 Å². The van der Waals surface area contributed by atoms with Crippen LogP contribution >= 0.6 is 0 Å². The van der Waals surface area contributed by atoms with E-state index in [1.54, 1.807) is 13.8 Å². The van der Waals surface area contributed by atoms with Crippen molar-refractivity contribution < 1.29 is 24.4 Å². The maximum Gasteiger partial charge on any atom is 0.330 e. The Hall–Kier alpha value is -1.52. The fourth-order valence-electron chi connectivity index (χ4n) is 2.86. The highest BCUT2D eigenvalue weighted by atomic mass is 16.8. The van der Waals surface area contributed by atoms with Crippen LogP contribution in [0.25, 0.3) is 0 Å². The van der Waals surface area contributed by atoms with Crippen molar-refractivity contribution in [1.29, 1.82) is 0 Å². The summed E-state index contributed by atoms with van der Waals surface area (Å²) in [5.41, 5.74) is -1.30. The number of fused-ring (bicyclic) bond motifs is 1. The fourth-order valence-corrected chi connectivity index (χ4v) is 2.86. The van der Waals surface area contributed by atoms with E-state index in [1.165, 1.54) is 6.20 Å². The third-order valence-electron chi connectivity index (χ3n) is 3.79. The van der Waals surface area contributed by atoms with Gasteiger partial charge in [0, 0.05) is 6.20 Å². The molecule has 2 unspecified atom stereocenters. The fraction of sp³-hybridized carbons (Fsp3) is 0.692. The van der Waals surface area contributed by atoms with Crippen molar-refractivity contribution in [2.45, 2.75) is 50.8 Å². The van der Waals surface area contributed by atoms with Gasteiger partial charge in [-0.2, -0.15) is 0 Å². The Morgan fingerprint density at radius 1 is 1.27 bits per heavy atom. The number of nitrogens with one attached hydrogen (secondary N) is 1. The molecular weight excluding hydrogens is 296 g/mol. The number of hydrogen-bond acceptors (Lipinski definition) is 7. The first kappa shape index (κ1) is 15.4. The average Bonchev–Trinajstić information content (AvgIpc) is 2.92. The van der Waals surface area contributed by atoms with Crippen molar-refractivity contribution >= 4 is 0 Å². The molecule has 3 heterocycles. The van der Waals surface area contributed by atoms with Crippen LogP contribution in [0, 0.1) is 0 Å². The highest BCUT2D eigenvalue weighted by Gasteiger charge is 2.55. The number of rotatable bonds is 3. The normalized spacial score (nSPS) is 33.1. The van der Waals surface area contributed by atoms with Gasteiger partial charge in [0.1, 0.15) is 18.3 Å². The number of aliphatic hydroxyl groups excluding tert-OH is 2. The van der Waals surface area contributed by atoms with Gasteiger partial charge in [0.15, 0.2) is 12.0 Å². The molecule has 0 spiro atoms. The van der Waals surface area contributed by atoms with Gasteiger partial charge in [0.05, 0.1) is 18.8 Å². The molecule has 1 aromatic heterocycles. The van der Waals surface area contributed by atoms with Gasteiger partial charge < -0.3 is 24.4 Å². The Bertz CT molecular complexity index is 680. The van der Waals surface area contributed by atoms with Crippen LogP contribution < -0.4 is 11.2 Å². The summed E-state index contributed by atoms with van der Waals surface area (Å²) >= 11 is 0. The van der Waals surface area contributed by atoms with Gasteiger partial charge >= 0.3 is 5.69 Å². The quantitative estimate of drug-likeness (QED) is 0.616. The molecular formula is C13H18N2O7. The molecule has 2 saturated heterocycles. The van der Waals surface area contributed by atoms with E-state index in [9.17, 15) is 19.8 Å². The zero-order valence-electron chi connectivity index (χ0n) is 12.2. The molecule has 0 aromatic carbocycles. The maximum atomic E-state index is 12.0. The molecule has 2 aliphatic heterocycles. The summed E-state index contributed by atoms with van der Waals surface area (Å²) < 4.78 is 18.2. The van der Waals surface area contributed by atoms with Crippen LogP contribution in [-0.4, -0.2) is 50.5 Å². The minimum absolute atomic E-state index is 0.0328. The lowest BCUT2D eigenvalue weighted by Crippen LogP contribution is -2.38. The standard InChI is InChI=1S/C13H18N2O7/c1-13(2)21-8-7(5-17)20-11(9(8)22-13)15-3-6(4-16)10(18)14-12(15)19/h3,7-9,11,16-17H,4-5H2,1-2H3,(H,14,18,19)/t7-,8?,9?,11-/m1/s1. The first-order chi connectivity index (χ1) is 10.4. The Kier molecular flexibility index (Phi) is 3.69. The van der Waals surface area contributed by atoms with Gasteiger partial charge in [-0.15, -0.1) is 0 Å². The summed E-state index contributed by atoms with van der Waals surface area (Å²) in [6.07, 6.45) is -1.41. The lowest BCUT2D eigenvalue weighted by molar-refractivity contribution is -0.200. The number of H-pyrrole nitrogens is 1. The van der Waals surface area contributed by atoms with Gasteiger partial charge in [-0.3, -0.25) is 14.3 Å². The summed E-state index contributed by atoms with van der Waals surface area (Å²) in [5.74, 6) is -0.865. The van der Waals surface area contributed by atoms with Gasteiger partial charge in [-0.25, -0.2) is 4.79 Å². The molecule has 1 aromatic rings. The van der Waals surface area contributed by atoms with Crippen molar-refractivity contribution in [2.75, 3.05) is 6.61 Å². The van der Waals surface area contributed by atoms with Crippen LogP contribution in [0.2, 0.25) is 0 Å². The molecule has 9 heteroatoms. The molecule has 3 rings (SSSR count). The Labute approximate surface area is 125 Å².